The van der Waals surface area contributed by atoms with Gasteiger partial charge in [-0.15, -0.1) is 0 Å². The minimum Gasteiger partial charge on any atom is -0.330 e. The van der Waals surface area contributed by atoms with E-state index in [-0.39, 0.29) is 28.9 Å². The summed E-state index contributed by atoms with van der Waals surface area (Å²) in [6.07, 6.45) is 0.474. The molecule has 0 N–H and O–H groups in total. The van der Waals surface area contributed by atoms with Crippen LogP contribution < -0.4 is 0 Å². The molecule has 0 aliphatic carbocycles. The van der Waals surface area contributed by atoms with E-state index in [1.165, 1.54) is 0 Å². The molecule has 0 bridgehead atoms. The number of halogens is 1. The van der Waals surface area contributed by atoms with Crippen LogP contribution in [0.5, 0.6) is 0 Å². The fourth-order valence-corrected chi connectivity index (χ4v) is 5.31. The highest BCUT2D eigenvalue weighted by atomic mass is 35.5. The van der Waals surface area contributed by atoms with Crippen molar-refractivity contribution < 1.29 is 13.2 Å². The molecule has 1 atom stereocenters. The average Bonchev–Trinajstić information content (AvgIpc) is 2.99. The van der Waals surface area contributed by atoms with Crippen molar-refractivity contribution in [2.75, 3.05) is 11.5 Å². The summed E-state index contributed by atoms with van der Waals surface area (Å²) in [5, 5.41) is 0.628. The number of hydrogen-bond donors (Lipinski definition) is 0. The molecule has 2 aromatic rings. The van der Waals surface area contributed by atoms with Crippen LogP contribution in [-0.2, 0) is 21.8 Å². The van der Waals surface area contributed by atoms with Gasteiger partial charge in [0.1, 0.15) is 0 Å². The first-order chi connectivity index (χ1) is 13.0. The summed E-state index contributed by atoms with van der Waals surface area (Å²) < 4.78 is 24.0. The predicted octanol–water partition coefficient (Wildman–Crippen LogP) is 4.47. The summed E-state index contributed by atoms with van der Waals surface area (Å²) in [7, 11) is -3.10. The third kappa shape index (κ3) is 4.95. The standard InChI is InChI=1S/C22H26ClNO3S/c1-22(2,3)18-8-6-17(7-9-18)21(25)24(20-12-13-28(26,27)15-20)14-16-4-10-19(23)11-5-16/h4-11,20H,12-15H2,1-3H3. The zero-order chi connectivity index (χ0) is 20.5. The lowest BCUT2D eigenvalue weighted by atomic mass is 9.86. The van der Waals surface area contributed by atoms with Gasteiger partial charge in [-0.2, -0.15) is 0 Å². The molecule has 28 heavy (non-hydrogen) atoms. The number of carbonyl (C=O) groups is 1. The predicted molar refractivity (Wildman–Crippen MR) is 114 cm³/mol. The summed E-state index contributed by atoms with van der Waals surface area (Å²) >= 11 is 5.96. The SMILES string of the molecule is CC(C)(C)c1ccc(C(=O)N(Cc2ccc(Cl)cc2)C2CCS(=O)(=O)C2)cc1. The van der Waals surface area contributed by atoms with Crippen LogP contribution in [0.15, 0.2) is 48.5 Å². The lowest BCUT2D eigenvalue weighted by Gasteiger charge is -2.29. The number of nitrogens with zero attached hydrogens (tertiary/aromatic N) is 1. The van der Waals surface area contributed by atoms with Crippen molar-refractivity contribution in [1.29, 1.82) is 0 Å². The van der Waals surface area contributed by atoms with Crippen LogP contribution in [0, 0.1) is 0 Å². The Morgan fingerprint density at radius 3 is 2.18 bits per heavy atom. The highest BCUT2D eigenvalue weighted by Gasteiger charge is 2.35. The van der Waals surface area contributed by atoms with E-state index in [1.54, 1.807) is 17.0 Å². The fourth-order valence-electron chi connectivity index (χ4n) is 3.45. The van der Waals surface area contributed by atoms with Gasteiger partial charge in [0.25, 0.3) is 5.91 Å². The Kier molecular flexibility index (Phi) is 5.87. The van der Waals surface area contributed by atoms with Crippen molar-refractivity contribution >= 4 is 27.3 Å². The molecule has 4 nitrogen and oxygen atoms in total. The molecule has 0 saturated carbocycles. The molecule has 6 heteroatoms. The van der Waals surface area contributed by atoms with E-state index in [0.717, 1.165) is 11.1 Å². The summed E-state index contributed by atoms with van der Waals surface area (Å²) in [6.45, 7) is 6.73. The van der Waals surface area contributed by atoms with Gasteiger partial charge < -0.3 is 4.90 Å². The van der Waals surface area contributed by atoms with E-state index in [2.05, 4.69) is 20.8 Å². The van der Waals surface area contributed by atoms with Crippen molar-refractivity contribution in [2.45, 2.75) is 45.2 Å². The number of amides is 1. The molecule has 1 amide bonds. The topological polar surface area (TPSA) is 54.5 Å². The minimum absolute atomic E-state index is 0.00407. The van der Waals surface area contributed by atoms with Gasteiger partial charge in [0.05, 0.1) is 11.5 Å². The largest absolute Gasteiger partial charge is 0.330 e. The molecule has 1 aliphatic heterocycles. The smallest absolute Gasteiger partial charge is 0.254 e. The molecule has 0 radical (unpaired) electrons. The third-order valence-corrected chi connectivity index (χ3v) is 7.18. The lowest BCUT2D eigenvalue weighted by Crippen LogP contribution is -2.40. The van der Waals surface area contributed by atoms with Crippen molar-refractivity contribution in [1.82, 2.24) is 4.90 Å². The Bertz CT molecular complexity index is 945. The van der Waals surface area contributed by atoms with Crippen LogP contribution in [0.1, 0.15) is 48.7 Å². The summed E-state index contributed by atoms with van der Waals surface area (Å²) in [4.78, 5) is 15.0. The van der Waals surface area contributed by atoms with Gasteiger partial charge in [-0.1, -0.05) is 56.6 Å². The van der Waals surface area contributed by atoms with Gasteiger partial charge in [0.2, 0.25) is 0 Å². The highest BCUT2D eigenvalue weighted by molar-refractivity contribution is 7.91. The first-order valence-electron chi connectivity index (χ1n) is 9.41. The van der Waals surface area contributed by atoms with Gasteiger partial charge in [-0.3, -0.25) is 4.79 Å². The van der Waals surface area contributed by atoms with Crippen LogP contribution in [0.3, 0.4) is 0 Å². The van der Waals surface area contributed by atoms with Crippen molar-refractivity contribution in [3.05, 3.63) is 70.2 Å². The van der Waals surface area contributed by atoms with E-state index in [0.29, 0.717) is 23.6 Å². The molecule has 150 valence electrons. The van der Waals surface area contributed by atoms with Gasteiger partial charge in [-0.05, 0) is 47.2 Å². The Morgan fingerprint density at radius 1 is 1.07 bits per heavy atom. The van der Waals surface area contributed by atoms with Crippen LogP contribution >= 0.6 is 11.6 Å². The minimum atomic E-state index is -3.10. The molecule has 1 fully saturated rings. The number of benzene rings is 2. The Balaban J connectivity index is 1.89. The maximum atomic E-state index is 13.3. The van der Waals surface area contributed by atoms with Crippen molar-refractivity contribution in [2.24, 2.45) is 0 Å². The Morgan fingerprint density at radius 2 is 1.68 bits per heavy atom. The van der Waals surface area contributed by atoms with Crippen molar-refractivity contribution in [3.63, 3.8) is 0 Å². The summed E-state index contributed by atoms with van der Waals surface area (Å²) in [5.74, 6) is 0.00903. The van der Waals surface area contributed by atoms with Crippen LogP contribution in [-0.4, -0.2) is 36.8 Å². The van der Waals surface area contributed by atoms with Crippen LogP contribution in [0.4, 0.5) is 0 Å². The molecular formula is C22H26ClNO3S. The van der Waals surface area contributed by atoms with Crippen molar-refractivity contribution in [3.8, 4) is 0 Å². The second-order valence-corrected chi connectivity index (χ2v) is 11.1. The number of hydrogen-bond acceptors (Lipinski definition) is 3. The van der Waals surface area contributed by atoms with Gasteiger partial charge in [-0.25, -0.2) is 8.42 Å². The number of rotatable bonds is 4. The monoisotopic (exact) mass is 419 g/mol. The normalized spacial score (nSPS) is 18.8. The van der Waals surface area contributed by atoms with E-state index in [4.69, 9.17) is 11.6 Å². The number of sulfone groups is 1. The average molecular weight is 420 g/mol. The van der Waals surface area contributed by atoms with E-state index in [1.807, 2.05) is 36.4 Å². The van der Waals surface area contributed by atoms with Gasteiger partial charge >= 0.3 is 0 Å². The second-order valence-electron chi connectivity index (χ2n) is 8.44. The molecule has 1 aliphatic rings. The molecular weight excluding hydrogens is 394 g/mol. The first-order valence-corrected chi connectivity index (χ1v) is 11.6. The van der Waals surface area contributed by atoms with Crippen LogP contribution in [0.25, 0.3) is 0 Å². The Hall–Kier alpha value is -1.85. The lowest BCUT2D eigenvalue weighted by molar-refractivity contribution is 0.0681. The fraction of sp³-hybridized carbons (Fsp3) is 0.409. The molecule has 1 unspecified atom stereocenters. The van der Waals surface area contributed by atoms with E-state index >= 15 is 0 Å². The van der Waals surface area contributed by atoms with Gasteiger partial charge in [0, 0.05) is 23.2 Å². The molecule has 1 saturated heterocycles. The quantitative estimate of drug-likeness (QED) is 0.734. The second kappa shape index (κ2) is 7.88. The first kappa shape index (κ1) is 20.9. The number of carbonyl (C=O) groups excluding carboxylic acids is 1. The zero-order valence-electron chi connectivity index (χ0n) is 16.5. The molecule has 0 spiro atoms. The van der Waals surface area contributed by atoms with E-state index < -0.39 is 9.84 Å². The summed E-state index contributed by atoms with van der Waals surface area (Å²) in [6, 6.07) is 14.6. The maximum Gasteiger partial charge on any atom is 0.254 e. The van der Waals surface area contributed by atoms with Gasteiger partial charge in [0.15, 0.2) is 9.84 Å². The highest BCUT2D eigenvalue weighted by Crippen LogP contribution is 2.25. The van der Waals surface area contributed by atoms with E-state index in [9.17, 15) is 13.2 Å². The molecule has 0 aromatic heterocycles. The van der Waals surface area contributed by atoms with Crippen LogP contribution in [0.2, 0.25) is 5.02 Å². The third-order valence-electron chi connectivity index (χ3n) is 5.17. The molecule has 1 heterocycles. The summed E-state index contributed by atoms with van der Waals surface area (Å²) in [5.41, 5.74) is 2.65. The Labute approximate surface area is 172 Å². The maximum absolute atomic E-state index is 13.3. The molecule has 2 aromatic carbocycles. The molecule has 3 rings (SSSR count). The zero-order valence-corrected chi connectivity index (χ0v) is 18.1.